The van der Waals surface area contributed by atoms with E-state index in [9.17, 15) is 9.18 Å². The fraction of sp³-hybridized carbons (Fsp3) is 0.588. The van der Waals surface area contributed by atoms with Crippen molar-refractivity contribution in [2.75, 3.05) is 6.54 Å². The van der Waals surface area contributed by atoms with Gasteiger partial charge in [0.25, 0.3) is 0 Å². The normalized spacial score (nSPS) is 25.9. The van der Waals surface area contributed by atoms with E-state index in [1.54, 1.807) is 12.1 Å². The predicted octanol–water partition coefficient (Wildman–Crippen LogP) is 3.08. The molecule has 1 N–H and O–H groups in total. The summed E-state index contributed by atoms with van der Waals surface area (Å²) in [6, 6.07) is 6.33. The van der Waals surface area contributed by atoms with Gasteiger partial charge in [0.05, 0.1) is 6.04 Å². The van der Waals surface area contributed by atoms with E-state index in [1.165, 1.54) is 25.0 Å². The maximum atomic E-state index is 13.1. The van der Waals surface area contributed by atoms with Crippen LogP contribution in [-0.4, -0.2) is 23.4 Å². The van der Waals surface area contributed by atoms with E-state index >= 15 is 0 Å². The van der Waals surface area contributed by atoms with Crippen molar-refractivity contribution >= 4 is 5.91 Å². The van der Waals surface area contributed by atoms with Gasteiger partial charge in [-0.05, 0) is 36.0 Å². The Labute approximate surface area is 125 Å². The minimum absolute atomic E-state index is 0.121. The maximum absolute atomic E-state index is 13.1. The number of nitrogens with zero attached hydrogens (tertiary/aromatic N) is 1. The molecule has 3 nitrogen and oxygen atoms in total. The molecule has 2 atom stereocenters. The second kappa shape index (κ2) is 5.76. The van der Waals surface area contributed by atoms with Crippen LogP contribution in [-0.2, 0) is 4.79 Å². The molecule has 1 aliphatic heterocycles. The smallest absolute Gasteiger partial charge is 0.241 e. The van der Waals surface area contributed by atoms with Crippen molar-refractivity contribution in [3.8, 4) is 0 Å². The van der Waals surface area contributed by atoms with E-state index in [4.69, 9.17) is 0 Å². The first-order chi connectivity index (χ1) is 10.1. The molecular weight excluding hydrogens is 267 g/mol. The molecule has 0 spiro atoms. The fourth-order valence-electron chi connectivity index (χ4n) is 3.00. The third kappa shape index (κ3) is 3.10. The summed E-state index contributed by atoms with van der Waals surface area (Å²) in [7, 11) is 0. The molecule has 1 aliphatic carbocycles. The Morgan fingerprint density at radius 1 is 1.29 bits per heavy atom. The second-order valence-corrected chi connectivity index (χ2v) is 6.61. The highest BCUT2D eigenvalue weighted by molar-refractivity contribution is 5.84. The van der Waals surface area contributed by atoms with E-state index < -0.39 is 0 Å². The first-order valence-electron chi connectivity index (χ1n) is 7.88. The van der Waals surface area contributed by atoms with Crippen LogP contribution in [0.5, 0.6) is 0 Å². The standard InChI is InChI=1S/C17H23FN2O/c1-11(2)15-17(21)20(10-9-12-3-4-12)16(19-15)13-5-7-14(18)8-6-13/h5-8,11-12,15-16,19H,3-4,9-10H2,1-2H3. The van der Waals surface area contributed by atoms with E-state index in [-0.39, 0.29) is 29.8 Å². The van der Waals surface area contributed by atoms with Crippen molar-refractivity contribution < 1.29 is 9.18 Å². The van der Waals surface area contributed by atoms with Gasteiger partial charge in [0.1, 0.15) is 12.0 Å². The van der Waals surface area contributed by atoms with E-state index in [2.05, 4.69) is 19.2 Å². The van der Waals surface area contributed by atoms with Gasteiger partial charge < -0.3 is 4.90 Å². The zero-order valence-electron chi connectivity index (χ0n) is 12.7. The molecule has 1 aromatic rings. The summed E-state index contributed by atoms with van der Waals surface area (Å²) in [6.45, 7) is 4.91. The van der Waals surface area contributed by atoms with Gasteiger partial charge in [-0.3, -0.25) is 10.1 Å². The van der Waals surface area contributed by atoms with Crippen LogP contribution in [0.15, 0.2) is 24.3 Å². The largest absolute Gasteiger partial charge is 0.322 e. The highest BCUT2D eigenvalue weighted by Crippen LogP contribution is 2.35. The summed E-state index contributed by atoms with van der Waals surface area (Å²) < 4.78 is 13.1. The summed E-state index contributed by atoms with van der Waals surface area (Å²) in [5, 5.41) is 3.42. The topological polar surface area (TPSA) is 32.3 Å². The van der Waals surface area contributed by atoms with Crippen LogP contribution in [0.4, 0.5) is 4.39 Å². The highest BCUT2D eigenvalue weighted by Gasteiger charge is 2.41. The van der Waals surface area contributed by atoms with Crippen LogP contribution in [0.1, 0.15) is 44.8 Å². The lowest BCUT2D eigenvalue weighted by Gasteiger charge is -2.24. The predicted molar refractivity (Wildman–Crippen MR) is 80.0 cm³/mol. The number of halogens is 1. The Balaban J connectivity index is 1.80. The van der Waals surface area contributed by atoms with Gasteiger partial charge in [-0.1, -0.05) is 38.8 Å². The van der Waals surface area contributed by atoms with Gasteiger partial charge >= 0.3 is 0 Å². The number of carbonyl (C=O) groups is 1. The maximum Gasteiger partial charge on any atom is 0.241 e. The van der Waals surface area contributed by atoms with Gasteiger partial charge in [-0.15, -0.1) is 0 Å². The average molecular weight is 290 g/mol. The van der Waals surface area contributed by atoms with Crippen LogP contribution in [0.25, 0.3) is 0 Å². The number of hydrogen-bond acceptors (Lipinski definition) is 2. The van der Waals surface area contributed by atoms with Crippen molar-refractivity contribution in [1.29, 1.82) is 0 Å². The summed E-state index contributed by atoms with van der Waals surface area (Å²) in [4.78, 5) is 14.6. The van der Waals surface area contributed by atoms with Crippen LogP contribution < -0.4 is 5.32 Å². The van der Waals surface area contributed by atoms with E-state index in [1.807, 2.05) is 4.90 Å². The molecule has 2 fully saturated rings. The monoisotopic (exact) mass is 290 g/mol. The number of hydrogen-bond donors (Lipinski definition) is 1. The lowest BCUT2D eigenvalue weighted by atomic mass is 10.0. The number of amides is 1. The zero-order valence-corrected chi connectivity index (χ0v) is 12.7. The minimum atomic E-state index is -0.243. The Morgan fingerprint density at radius 2 is 1.95 bits per heavy atom. The lowest BCUT2D eigenvalue weighted by molar-refractivity contribution is -0.130. The summed E-state index contributed by atoms with van der Waals surface area (Å²) in [5.74, 6) is 0.990. The van der Waals surface area contributed by atoms with Crippen LogP contribution in [0.3, 0.4) is 0 Å². The molecule has 1 saturated heterocycles. The molecule has 114 valence electrons. The zero-order chi connectivity index (χ0) is 15.0. The highest BCUT2D eigenvalue weighted by atomic mass is 19.1. The van der Waals surface area contributed by atoms with Crippen molar-refractivity contribution in [3.05, 3.63) is 35.6 Å². The Morgan fingerprint density at radius 3 is 2.52 bits per heavy atom. The van der Waals surface area contributed by atoms with Crippen molar-refractivity contribution in [1.82, 2.24) is 10.2 Å². The number of benzene rings is 1. The van der Waals surface area contributed by atoms with Crippen molar-refractivity contribution in [2.45, 2.75) is 45.3 Å². The number of carbonyl (C=O) groups excluding carboxylic acids is 1. The molecule has 0 bridgehead atoms. The molecule has 1 heterocycles. The first-order valence-corrected chi connectivity index (χ1v) is 7.88. The van der Waals surface area contributed by atoms with Gasteiger partial charge in [0, 0.05) is 6.54 Å². The molecule has 2 aliphatic rings. The SMILES string of the molecule is CC(C)C1NC(c2ccc(F)cc2)N(CCC2CC2)C1=O. The van der Waals surface area contributed by atoms with Crippen LogP contribution in [0.2, 0.25) is 0 Å². The van der Waals surface area contributed by atoms with Gasteiger partial charge in [0.15, 0.2) is 0 Å². The van der Waals surface area contributed by atoms with Gasteiger partial charge in [-0.2, -0.15) is 0 Å². The van der Waals surface area contributed by atoms with Crippen LogP contribution in [0, 0.1) is 17.7 Å². The van der Waals surface area contributed by atoms with E-state index in [0.717, 1.165) is 24.4 Å². The number of rotatable bonds is 5. The third-order valence-electron chi connectivity index (χ3n) is 4.53. The Bertz CT molecular complexity index is 510. The van der Waals surface area contributed by atoms with Crippen molar-refractivity contribution in [3.63, 3.8) is 0 Å². The Kier molecular flexibility index (Phi) is 3.98. The first kappa shape index (κ1) is 14.5. The number of nitrogens with one attached hydrogen (secondary N) is 1. The Hall–Kier alpha value is -1.42. The molecular formula is C17H23FN2O. The average Bonchev–Trinajstić information content (AvgIpc) is 3.21. The summed E-state index contributed by atoms with van der Waals surface area (Å²) in [6.07, 6.45) is 3.55. The minimum Gasteiger partial charge on any atom is -0.322 e. The molecule has 1 amide bonds. The third-order valence-corrected chi connectivity index (χ3v) is 4.53. The van der Waals surface area contributed by atoms with Crippen molar-refractivity contribution in [2.24, 2.45) is 11.8 Å². The van der Waals surface area contributed by atoms with Crippen LogP contribution >= 0.6 is 0 Å². The molecule has 3 rings (SSSR count). The lowest BCUT2D eigenvalue weighted by Crippen LogP contribution is -2.35. The molecule has 0 aromatic heterocycles. The molecule has 21 heavy (non-hydrogen) atoms. The van der Waals surface area contributed by atoms with E-state index in [0.29, 0.717) is 0 Å². The fourth-order valence-corrected chi connectivity index (χ4v) is 3.00. The van der Waals surface area contributed by atoms with Gasteiger partial charge in [0.2, 0.25) is 5.91 Å². The molecule has 0 radical (unpaired) electrons. The summed E-state index contributed by atoms with van der Waals surface area (Å²) in [5.41, 5.74) is 0.962. The molecule has 4 heteroatoms. The summed E-state index contributed by atoms with van der Waals surface area (Å²) >= 11 is 0. The van der Waals surface area contributed by atoms with Gasteiger partial charge in [-0.25, -0.2) is 4.39 Å². The quantitative estimate of drug-likeness (QED) is 0.904. The molecule has 2 unspecified atom stereocenters. The molecule has 1 saturated carbocycles. The second-order valence-electron chi connectivity index (χ2n) is 6.61. The molecule has 1 aromatic carbocycles.